The molecule has 1 heterocycles. The Morgan fingerprint density at radius 3 is 1.65 bits per heavy atom. The van der Waals surface area contributed by atoms with E-state index in [1.54, 1.807) is 0 Å². The molecular weight excluding hydrogens is 581 g/mol. The van der Waals surface area contributed by atoms with Crippen LogP contribution in [0.4, 0.5) is 22.7 Å². The van der Waals surface area contributed by atoms with Crippen LogP contribution in [0.25, 0.3) is 22.3 Å². The fourth-order valence-corrected chi connectivity index (χ4v) is 8.85. The molecule has 7 aromatic carbocycles. The van der Waals surface area contributed by atoms with Crippen molar-refractivity contribution in [1.82, 2.24) is 0 Å². The van der Waals surface area contributed by atoms with Crippen LogP contribution in [-0.2, 0) is 18.4 Å². The maximum absolute atomic E-state index is 2.45. The van der Waals surface area contributed by atoms with Crippen LogP contribution >= 0.6 is 0 Å². The Morgan fingerprint density at radius 1 is 0.500 bits per heavy atom. The Balaban J connectivity index is 1.04. The monoisotopic (exact) mass is 614 g/mol. The van der Waals surface area contributed by atoms with Crippen LogP contribution in [0.15, 0.2) is 164 Å². The van der Waals surface area contributed by atoms with Crippen LogP contribution in [0.5, 0.6) is 0 Å². The van der Waals surface area contributed by atoms with Crippen molar-refractivity contribution < 1.29 is 0 Å². The molecule has 10 rings (SSSR count). The molecule has 0 radical (unpaired) electrons. The molecule has 1 aliphatic heterocycles. The summed E-state index contributed by atoms with van der Waals surface area (Å²) in [5, 5.41) is 0. The van der Waals surface area contributed by atoms with E-state index < -0.39 is 0 Å². The Bertz CT molecular complexity index is 2310. The molecule has 0 aromatic heterocycles. The highest BCUT2D eigenvalue weighted by Gasteiger charge is 2.51. The summed E-state index contributed by atoms with van der Waals surface area (Å²) in [6, 6.07) is 60.9. The molecule has 0 amide bonds. The molecule has 0 N–H and O–H groups in total. The average molecular weight is 615 g/mol. The maximum atomic E-state index is 2.45. The van der Waals surface area contributed by atoms with Gasteiger partial charge in [-0.25, -0.2) is 0 Å². The van der Waals surface area contributed by atoms with E-state index >= 15 is 0 Å². The summed E-state index contributed by atoms with van der Waals surface area (Å²) in [6.07, 6.45) is 0.961. The first-order chi connectivity index (χ1) is 23.7. The van der Waals surface area contributed by atoms with Crippen molar-refractivity contribution in [2.45, 2.75) is 18.4 Å². The van der Waals surface area contributed by atoms with Crippen LogP contribution in [0, 0.1) is 0 Å². The molecule has 228 valence electrons. The topological polar surface area (TPSA) is 6.48 Å². The Kier molecular flexibility index (Phi) is 5.86. The fraction of sp³-hybridized carbons (Fsp3) is 0.0870. The number of hydrogen-bond acceptors (Lipinski definition) is 2. The van der Waals surface area contributed by atoms with Gasteiger partial charge in [-0.1, -0.05) is 127 Å². The Morgan fingerprint density at radius 2 is 1.02 bits per heavy atom. The van der Waals surface area contributed by atoms with E-state index in [0.717, 1.165) is 13.0 Å². The number of anilines is 4. The van der Waals surface area contributed by atoms with Gasteiger partial charge in [-0.15, -0.1) is 0 Å². The zero-order valence-corrected chi connectivity index (χ0v) is 26.9. The van der Waals surface area contributed by atoms with Crippen molar-refractivity contribution in [3.63, 3.8) is 0 Å². The second-order valence-electron chi connectivity index (χ2n) is 13.4. The number of hydrogen-bond donors (Lipinski definition) is 0. The van der Waals surface area contributed by atoms with E-state index in [0.29, 0.717) is 0 Å². The standard InChI is InChI=1S/C46H34N2/c1-47(34-15-12-16-35(29-34)48-44-23-10-2-13-32(44)28-33-14-3-11-24-45(33)48)30-31-25-26-43-39(27-31)38-19-6-9-22-42(38)46(43)40-20-7-4-17-36(40)37-18-5-8-21-41(37)46/h2-27,29H,28,30H2,1H3. The van der Waals surface area contributed by atoms with Crippen molar-refractivity contribution in [1.29, 1.82) is 0 Å². The molecule has 7 aromatic rings. The van der Waals surface area contributed by atoms with Gasteiger partial charge in [0.25, 0.3) is 0 Å². The van der Waals surface area contributed by atoms with Crippen LogP contribution in [0.3, 0.4) is 0 Å². The van der Waals surface area contributed by atoms with Gasteiger partial charge >= 0.3 is 0 Å². The van der Waals surface area contributed by atoms with Gasteiger partial charge in [0, 0.05) is 42.8 Å². The highest BCUT2D eigenvalue weighted by molar-refractivity contribution is 5.95. The van der Waals surface area contributed by atoms with Crippen LogP contribution in [-0.4, -0.2) is 7.05 Å². The number of rotatable bonds is 4. The van der Waals surface area contributed by atoms with Gasteiger partial charge in [-0.3, -0.25) is 0 Å². The molecule has 3 aliphatic rings. The minimum absolute atomic E-state index is 0.293. The third-order valence-electron chi connectivity index (χ3n) is 10.9. The van der Waals surface area contributed by atoms with Gasteiger partial charge in [0.05, 0.1) is 5.41 Å². The first kappa shape index (κ1) is 27.3. The smallest absolute Gasteiger partial charge is 0.0725 e. The third kappa shape index (κ3) is 3.74. The number of fused-ring (bicyclic) bond motifs is 12. The van der Waals surface area contributed by atoms with E-state index in [4.69, 9.17) is 0 Å². The van der Waals surface area contributed by atoms with Crippen molar-refractivity contribution in [3.05, 3.63) is 203 Å². The normalized spacial score (nSPS) is 14.1. The average Bonchev–Trinajstić information content (AvgIpc) is 3.61. The van der Waals surface area contributed by atoms with E-state index in [1.807, 2.05) is 0 Å². The van der Waals surface area contributed by atoms with Gasteiger partial charge in [0.1, 0.15) is 0 Å². The third-order valence-corrected chi connectivity index (χ3v) is 10.9. The first-order valence-electron chi connectivity index (χ1n) is 16.9. The molecule has 1 spiro atoms. The molecule has 0 unspecified atom stereocenters. The van der Waals surface area contributed by atoms with Crippen molar-refractivity contribution in [2.24, 2.45) is 0 Å². The summed E-state index contributed by atoms with van der Waals surface area (Å²) in [5.74, 6) is 0. The molecule has 0 atom stereocenters. The summed E-state index contributed by atoms with van der Waals surface area (Å²) in [5.41, 5.74) is 19.6. The van der Waals surface area contributed by atoms with Gasteiger partial charge in [0.2, 0.25) is 0 Å². The van der Waals surface area contributed by atoms with Crippen molar-refractivity contribution in [2.75, 3.05) is 16.8 Å². The van der Waals surface area contributed by atoms with Crippen LogP contribution < -0.4 is 9.80 Å². The molecule has 0 bridgehead atoms. The molecule has 0 fully saturated rings. The minimum atomic E-state index is -0.293. The SMILES string of the molecule is CN(Cc1ccc2c(c1)-c1ccccc1C21c2ccccc2-c2ccccc21)c1cccc(N2c3ccccc3Cc3ccccc32)c1. The molecule has 0 saturated carbocycles. The van der Waals surface area contributed by atoms with Gasteiger partial charge in [0.15, 0.2) is 0 Å². The lowest BCUT2D eigenvalue weighted by Crippen LogP contribution is -2.25. The number of para-hydroxylation sites is 2. The Labute approximate surface area is 282 Å². The summed E-state index contributed by atoms with van der Waals surface area (Å²) in [4.78, 5) is 4.80. The lowest BCUT2D eigenvalue weighted by molar-refractivity contribution is 0.792. The molecule has 2 heteroatoms. The highest BCUT2D eigenvalue weighted by Crippen LogP contribution is 2.62. The van der Waals surface area contributed by atoms with Gasteiger partial charge in [-0.2, -0.15) is 0 Å². The van der Waals surface area contributed by atoms with E-state index in [2.05, 4.69) is 181 Å². The number of benzene rings is 7. The predicted molar refractivity (Wildman–Crippen MR) is 199 cm³/mol. The van der Waals surface area contributed by atoms with Gasteiger partial charge in [-0.05, 0) is 97.6 Å². The zero-order chi connectivity index (χ0) is 31.8. The number of nitrogens with zero attached hydrogens (tertiary/aromatic N) is 2. The highest BCUT2D eigenvalue weighted by atomic mass is 15.2. The largest absolute Gasteiger partial charge is 0.370 e. The van der Waals surface area contributed by atoms with Crippen LogP contribution in [0.1, 0.15) is 38.9 Å². The van der Waals surface area contributed by atoms with E-state index in [9.17, 15) is 0 Å². The second kappa shape index (κ2) is 10.3. The molecule has 2 aliphatic carbocycles. The lowest BCUT2D eigenvalue weighted by atomic mass is 9.70. The summed E-state index contributed by atoms with van der Waals surface area (Å²) in [6.45, 7) is 0.812. The van der Waals surface area contributed by atoms with E-state index in [1.165, 1.54) is 83.9 Å². The minimum Gasteiger partial charge on any atom is -0.370 e. The van der Waals surface area contributed by atoms with E-state index in [-0.39, 0.29) is 5.41 Å². The molecule has 48 heavy (non-hydrogen) atoms. The Hall–Kier alpha value is -5.86. The molecule has 2 nitrogen and oxygen atoms in total. The summed E-state index contributed by atoms with van der Waals surface area (Å²) < 4.78 is 0. The molecule has 0 saturated heterocycles. The van der Waals surface area contributed by atoms with Crippen LogP contribution in [0.2, 0.25) is 0 Å². The first-order valence-corrected chi connectivity index (χ1v) is 16.9. The zero-order valence-electron chi connectivity index (χ0n) is 26.9. The second-order valence-corrected chi connectivity index (χ2v) is 13.4. The summed E-state index contributed by atoms with van der Waals surface area (Å²) >= 11 is 0. The van der Waals surface area contributed by atoms with Crippen molar-refractivity contribution in [3.8, 4) is 22.3 Å². The fourth-order valence-electron chi connectivity index (χ4n) is 8.85. The van der Waals surface area contributed by atoms with Gasteiger partial charge < -0.3 is 9.80 Å². The predicted octanol–water partition coefficient (Wildman–Crippen LogP) is 11.0. The maximum Gasteiger partial charge on any atom is 0.0725 e. The lowest BCUT2D eigenvalue weighted by Gasteiger charge is -2.34. The quantitative estimate of drug-likeness (QED) is 0.195. The van der Waals surface area contributed by atoms with Crippen molar-refractivity contribution >= 4 is 22.7 Å². The molecular formula is C46H34N2. The summed E-state index contributed by atoms with van der Waals surface area (Å²) in [7, 11) is 2.21.